The smallest absolute Gasteiger partial charge is 0.492 e. The van der Waals surface area contributed by atoms with Gasteiger partial charge in [-0.15, -0.1) is 0 Å². The maximum atomic E-state index is 13.9. The number of methoxy groups -OCH3 is 4. The van der Waals surface area contributed by atoms with Crippen LogP contribution in [0.1, 0.15) is 80.5 Å². The van der Waals surface area contributed by atoms with Crippen LogP contribution < -0.4 is 49.8 Å². The number of anilines is 4. The number of nitrogens with one attached hydrogen (secondary N) is 3. The highest BCUT2D eigenvalue weighted by Gasteiger charge is 2.38. The number of benzene rings is 9. The molecule has 0 saturated carbocycles. The van der Waals surface area contributed by atoms with Crippen molar-refractivity contribution in [1.82, 2.24) is 40.1 Å². The van der Waals surface area contributed by atoms with E-state index in [4.69, 9.17) is 74.7 Å². The number of halogens is 8. The molecule has 31 heteroatoms. The molecule has 0 radical (unpaired) electrons. The molecule has 7 heterocycles. The first kappa shape index (κ1) is 83.3. The second-order valence-corrected chi connectivity index (χ2v) is 28.4. The van der Waals surface area contributed by atoms with Crippen LogP contribution in [-0.2, 0) is 22.4 Å². The van der Waals surface area contributed by atoms with Gasteiger partial charge >= 0.3 is 25.4 Å². The van der Waals surface area contributed by atoms with Gasteiger partial charge in [-0.2, -0.15) is 13.2 Å². The Morgan fingerprint density at radius 2 is 0.914 bits per heavy atom. The lowest BCUT2D eigenvalue weighted by molar-refractivity contribution is -0.192. The van der Waals surface area contributed by atoms with E-state index in [-0.39, 0.29) is 40.0 Å². The van der Waals surface area contributed by atoms with E-state index in [1.165, 1.54) is 86.0 Å². The molecule has 0 unspecified atom stereocenters. The third kappa shape index (κ3) is 20.0. The number of likely N-dealkylation sites (tertiary alicyclic amines) is 1. The third-order valence-electron chi connectivity index (χ3n) is 19.5. The zero-order valence-corrected chi connectivity index (χ0v) is 64.8. The highest BCUT2D eigenvalue weighted by molar-refractivity contribution is 6.59. The molecule has 1 amide bonds. The van der Waals surface area contributed by atoms with Crippen LogP contribution in [0.15, 0.2) is 170 Å². The molecular formula is C85H81BClF7N10O12. The van der Waals surface area contributed by atoms with Crippen LogP contribution in [0.25, 0.3) is 66.1 Å². The lowest BCUT2D eigenvalue weighted by atomic mass is 9.79. The van der Waals surface area contributed by atoms with Crippen LogP contribution >= 0.6 is 11.6 Å². The van der Waals surface area contributed by atoms with Crippen molar-refractivity contribution in [2.45, 2.75) is 82.9 Å². The van der Waals surface area contributed by atoms with E-state index in [9.17, 15) is 35.5 Å². The summed E-state index contributed by atoms with van der Waals surface area (Å²) in [6.45, 7) is 10.4. The maximum Gasteiger partial charge on any atom is 0.492 e. The predicted molar refractivity (Wildman–Crippen MR) is 428 cm³/mol. The number of nitrogens with zero attached hydrogens (tertiary/aromatic N) is 7. The molecule has 22 nitrogen and oxygen atoms in total. The quantitative estimate of drug-likeness (QED) is 0.0335. The zero-order valence-electron chi connectivity index (χ0n) is 64.1. The van der Waals surface area contributed by atoms with Crippen LogP contribution in [0.4, 0.5) is 58.8 Å². The SMILES string of the molecule is COc1cc(F)ccc1-c1cccc2cnc(Cl)nc12.COc1cc(F)ccc1-c1cccc2cnc(Nc3ccc(C4CCN(C(=O)OC(C)(C)C)CC4)c4c3OCC4)nc12.COc1cc(F)ccc1-c1cccc2cnc(Nc3ccc(C4CCNCC4)c4c3OCC4)nc12.COc1cc(F)ccc1B(O)O.O=C(O)C(F)(F)F. The Hall–Kier alpha value is -12.1. The van der Waals surface area contributed by atoms with Gasteiger partial charge in [-0.3, -0.25) is 0 Å². The minimum Gasteiger partial charge on any atom is -0.497 e. The van der Waals surface area contributed by atoms with E-state index in [1.54, 1.807) is 48.8 Å². The third-order valence-corrected chi connectivity index (χ3v) is 19.7. The summed E-state index contributed by atoms with van der Waals surface area (Å²) in [5.41, 5.74) is 13.5. The largest absolute Gasteiger partial charge is 0.497 e. The average Bonchev–Trinajstić information content (AvgIpc) is 1.09. The van der Waals surface area contributed by atoms with Crippen LogP contribution in [0.5, 0.6) is 34.5 Å². The molecule has 16 rings (SSSR count). The minimum atomic E-state index is -5.08. The Bertz CT molecular complexity index is 5560. The lowest BCUT2D eigenvalue weighted by Gasteiger charge is -2.34. The average molecular weight is 1610 g/mol. The number of piperidine rings is 2. The summed E-state index contributed by atoms with van der Waals surface area (Å²) in [7, 11) is 4.27. The molecule has 12 aromatic rings. The molecule has 2 fully saturated rings. The predicted octanol–water partition coefficient (Wildman–Crippen LogP) is 17.1. The summed E-state index contributed by atoms with van der Waals surface area (Å²) >= 11 is 5.86. The standard InChI is InChI=1S/C33H35FN4O4.C28H27FN4O2.C15H10ClFN2O.C7H8BFO3.C2HF3O2/c1-33(2,3)42-32(39)38-15-12-20(13-16-38)23-10-11-27(30-26(23)14-17-41-30)36-31-35-19-21-6-5-7-25(29(21)37-31)24-9-8-22(34)18-28(24)40-4;1-34-25-15-19(29)5-6-21(25)22-4-2-3-18-16-31-28(33-26(18)22)32-24-8-7-20(17-9-12-30-13-10-17)23-11-14-35-27(23)24;1-20-13-7-10(17)5-6-11(13)12-4-2-3-9-8-18-15(16)19-14(9)12;1-12-7-4-5(9)2-3-6(7)8(10)11;3-2(4,5)1(6)7/h5-11,18-20H,12-17H2,1-4H3,(H,35,36,37);2-8,15-17,30H,9-14H2,1H3,(H,31,32,33);2-8H,1H3;2-4,10-11H,1H3;(H,6,7). The maximum absolute atomic E-state index is 13.9. The molecule has 9 aromatic carbocycles. The number of aromatic nitrogens is 6. The molecular weight excluding hydrogens is 1530 g/mol. The fourth-order valence-electron chi connectivity index (χ4n) is 14.2. The molecule has 0 spiro atoms. The van der Waals surface area contributed by atoms with E-state index in [2.05, 4.69) is 54.1 Å². The van der Waals surface area contributed by atoms with Gasteiger partial charge in [-0.05, 0) is 149 Å². The number of aliphatic carboxylic acids is 1. The number of fused-ring (bicyclic) bond motifs is 5. The van der Waals surface area contributed by atoms with Crippen molar-refractivity contribution in [3.05, 3.63) is 221 Å². The second kappa shape index (κ2) is 37.0. The summed E-state index contributed by atoms with van der Waals surface area (Å²) in [6, 6.07) is 42.8. The number of ether oxygens (including phenoxy) is 7. The zero-order chi connectivity index (χ0) is 82.5. The number of carbonyl (C=O) groups is 2. The fraction of sp³-hybridized carbons (Fsp3) is 0.271. The number of amides is 1. The Balaban J connectivity index is 0.000000149. The van der Waals surface area contributed by atoms with E-state index in [0.717, 1.165) is 147 Å². The molecule has 4 aliphatic rings. The molecule has 4 aliphatic heterocycles. The molecule has 0 bridgehead atoms. The first-order valence-electron chi connectivity index (χ1n) is 36.9. The number of carboxylic acid groups (broad SMARTS) is 1. The van der Waals surface area contributed by atoms with Crippen molar-refractivity contribution in [2.24, 2.45) is 0 Å². The summed E-state index contributed by atoms with van der Waals surface area (Å²) in [4.78, 5) is 50.3. The molecule has 116 heavy (non-hydrogen) atoms. The number of alkyl halides is 3. The number of para-hydroxylation sites is 3. The van der Waals surface area contributed by atoms with Crippen LogP contribution in [0.3, 0.4) is 0 Å². The fourth-order valence-corrected chi connectivity index (χ4v) is 14.3. The number of carboxylic acids is 1. The Morgan fingerprint density at radius 3 is 1.31 bits per heavy atom. The molecule has 3 aromatic heterocycles. The first-order valence-corrected chi connectivity index (χ1v) is 37.3. The van der Waals surface area contributed by atoms with Crippen LogP contribution in [-0.4, -0.2) is 149 Å². The summed E-state index contributed by atoms with van der Waals surface area (Å²) in [5.74, 6) is 0.787. The molecule has 2 saturated heterocycles. The van der Waals surface area contributed by atoms with Gasteiger partial charge in [-0.1, -0.05) is 72.8 Å². The highest BCUT2D eigenvalue weighted by Crippen LogP contribution is 2.46. The molecule has 6 N–H and O–H groups in total. The Kier molecular flexibility index (Phi) is 26.6. The van der Waals surface area contributed by atoms with Crippen molar-refractivity contribution >= 4 is 92.2 Å². The van der Waals surface area contributed by atoms with Gasteiger partial charge in [0.05, 0.1) is 69.6 Å². The van der Waals surface area contributed by atoms with E-state index >= 15 is 0 Å². The highest BCUT2D eigenvalue weighted by atomic mass is 35.5. The van der Waals surface area contributed by atoms with Crippen molar-refractivity contribution in [2.75, 3.05) is 78.5 Å². The summed E-state index contributed by atoms with van der Waals surface area (Å²) in [5, 5.41) is 37.7. The Labute approximate surface area is 668 Å². The van der Waals surface area contributed by atoms with Gasteiger partial charge in [0.15, 0.2) is 0 Å². The van der Waals surface area contributed by atoms with Gasteiger partial charge in [0.1, 0.15) is 63.4 Å². The normalized spacial score (nSPS) is 13.8. The van der Waals surface area contributed by atoms with Gasteiger partial charge < -0.3 is 69.2 Å². The van der Waals surface area contributed by atoms with E-state index in [0.29, 0.717) is 72.8 Å². The number of rotatable bonds is 14. The topological polar surface area (TPSA) is 276 Å². The van der Waals surface area contributed by atoms with Crippen molar-refractivity contribution < 1.29 is 88.6 Å². The van der Waals surface area contributed by atoms with Gasteiger partial charge in [-0.25, -0.2) is 57.1 Å². The monoisotopic (exact) mass is 1610 g/mol. The lowest BCUT2D eigenvalue weighted by Crippen LogP contribution is -2.41. The van der Waals surface area contributed by atoms with Gasteiger partial charge in [0, 0.05) is 135 Å². The first-order chi connectivity index (χ1) is 55.7. The number of carbonyl (C=O) groups excluding carboxylic acids is 1. The molecule has 602 valence electrons. The number of hydrogen-bond acceptors (Lipinski definition) is 20. The molecule has 0 atom stereocenters. The van der Waals surface area contributed by atoms with Crippen molar-refractivity contribution in [1.29, 1.82) is 0 Å². The Morgan fingerprint density at radius 1 is 0.526 bits per heavy atom. The van der Waals surface area contributed by atoms with E-state index < -0.39 is 30.7 Å². The van der Waals surface area contributed by atoms with Crippen molar-refractivity contribution in [3.63, 3.8) is 0 Å². The summed E-state index contributed by atoms with van der Waals surface area (Å²) in [6.07, 6.45) is 5.73. The van der Waals surface area contributed by atoms with Crippen LogP contribution in [0, 0.1) is 23.3 Å². The van der Waals surface area contributed by atoms with Gasteiger partial charge in [0.25, 0.3) is 0 Å². The summed E-state index contributed by atoms with van der Waals surface area (Å²) < 4.78 is 124. The second-order valence-electron chi connectivity index (χ2n) is 28.1. The van der Waals surface area contributed by atoms with Gasteiger partial charge in [0.2, 0.25) is 17.2 Å². The van der Waals surface area contributed by atoms with E-state index in [1.807, 2.05) is 81.4 Å². The van der Waals surface area contributed by atoms with Crippen molar-refractivity contribution in [3.8, 4) is 67.9 Å². The number of hydrogen-bond donors (Lipinski definition) is 6. The minimum absolute atomic E-state index is 0.130. The van der Waals surface area contributed by atoms with Crippen LogP contribution in [0.2, 0.25) is 5.28 Å². The molecule has 0 aliphatic carbocycles.